The van der Waals surface area contributed by atoms with Crippen LogP contribution in [0.4, 0.5) is 0 Å². The minimum Gasteiger partial charge on any atom is -0.310 e. The van der Waals surface area contributed by atoms with Crippen LogP contribution in [0.5, 0.6) is 0 Å². The van der Waals surface area contributed by atoms with Crippen LogP contribution in [0.1, 0.15) is 37.6 Å². The molecule has 0 saturated heterocycles. The Hall–Kier alpha value is -1.61. The Balaban J connectivity index is 2.36. The maximum Gasteiger partial charge on any atom is 0.0671 e. The van der Waals surface area contributed by atoms with Gasteiger partial charge in [-0.05, 0) is 37.1 Å². The summed E-state index contributed by atoms with van der Waals surface area (Å²) in [6, 6.07) is 9.21. The van der Waals surface area contributed by atoms with Crippen molar-refractivity contribution in [1.29, 1.82) is 0 Å². The molecule has 2 rings (SSSR count). The van der Waals surface area contributed by atoms with Crippen molar-refractivity contribution in [2.75, 3.05) is 6.54 Å². The van der Waals surface area contributed by atoms with Gasteiger partial charge in [-0.25, -0.2) is 0 Å². The zero-order valence-corrected chi connectivity index (χ0v) is 12.3. The van der Waals surface area contributed by atoms with Gasteiger partial charge in [0.1, 0.15) is 0 Å². The fourth-order valence-electron chi connectivity index (χ4n) is 2.55. The molecule has 0 spiro atoms. The average Bonchev–Trinajstić information content (AvgIpc) is 2.75. The number of nitrogens with zero attached hydrogens (tertiary/aromatic N) is 2. The molecule has 1 aromatic carbocycles. The van der Waals surface area contributed by atoms with Crippen molar-refractivity contribution in [2.24, 2.45) is 7.05 Å². The second-order valence-electron chi connectivity index (χ2n) is 4.95. The maximum atomic E-state index is 4.42. The highest BCUT2D eigenvalue weighted by atomic mass is 15.2. The Bertz CT molecular complexity index is 543. The van der Waals surface area contributed by atoms with Gasteiger partial charge in [-0.2, -0.15) is 5.10 Å². The van der Waals surface area contributed by atoms with Gasteiger partial charge < -0.3 is 5.32 Å². The molecule has 1 N–H and O–H groups in total. The third-order valence-electron chi connectivity index (χ3n) is 3.47. The van der Waals surface area contributed by atoms with Crippen molar-refractivity contribution in [3.8, 4) is 11.1 Å². The van der Waals surface area contributed by atoms with E-state index in [1.165, 1.54) is 16.7 Å². The highest BCUT2D eigenvalue weighted by molar-refractivity contribution is 5.65. The predicted octanol–water partition coefficient (Wildman–Crippen LogP) is 3.46. The Morgan fingerprint density at radius 1 is 1.32 bits per heavy atom. The maximum absolute atomic E-state index is 4.42. The molecule has 0 aliphatic carbocycles. The number of aryl methyl sites for hydroxylation is 2. The predicted molar refractivity (Wildman–Crippen MR) is 80.1 cm³/mol. The summed E-state index contributed by atoms with van der Waals surface area (Å²) >= 11 is 0. The summed E-state index contributed by atoms with van der Waals surface area (Å²) in [7, 11) is 1.97. The molecular weight excluding hydrogens is 234 g/mol. The number of rotatable bonds is 5. The van der Waals surface area contributed by atoms with E-state index in [1.54, 1.807) is 0 Å². The van der Waals surface area contributed by atoms with E-state index in [-0.39, 0.29) is 0 Å². The molecule has 102 valence electrons. The van der Waals surface area contributed by atoms with E-state index in [2.05, 4.69) is 61.6 Å². The molecule has 3 heteroatoms. The van der Waals surface area contributed by atoms with Crippen LogP contribution < -0.4 is 5.32 Å². The molecule has 3 nitrogen and oxygen atoms in total. The van der Waals surface area contributed by atoms with Crippen molar-refractivity contribution >= 4 is 0 Å². The van der Waals surface area contributed by atoms with Crippen LogP contribution in [0.15, 0.2) is 30.5 Å². The lowest BCUT2D eigenvalue weighted by atomic mass is 9.98. The van der Waals surface area contributed by atoms with E-state index in [4.69, 9.17) is 0 Å². The minimum absolute atomic E-state index is 0.432. The zero-order chi connectivity index (χ0) is 13.8. The van der Waals surface area contributed by atoms with Gasteiger partial charge in [-0.3, -0.25) is 4.68 Å². The number of hydrogen-bond acceptors (Lipinski definition) is 2. The van der Waals surface area contributed by atoms with Crippen molar-refractivity contribution < 1.29 is 0 Å². The van der Waals surface area contributed by atoms with E-state index in [0.717, 1.165) is 18.7 Å². The topological polar surface area (TPSA) is 29.9 Å². The summed E-state index contributed by atoms with van der Waals surface area (Å²) in [4.78, 5) is 0. The summed E-state index contributed by atoms with van der Waals surface area (Å²) in [5.74, 6) is 0. The number of benzene rings is 1. The smallest absolute Gasteiger partial charge is 0.0671 e. The lowest BCUT2D eigenvalue weighted by Gasteiger charge is -2.17. The first-order chi connectivity index (χ1) is 9.15. The monoisotopic (exact) mass is 257 g/mol. The Morgan fingerprint density at radius 2 is 2.11 bits per heavy atom. The first-order valence-electron chi connectivity index (χ1n) is 6.99. The van der Waals surface area contributed by atoms with Gasteiger partial charge >= 0.3 is 0 Å². The van der Waals surface area contributed by atoms with E-state index >= 15 is 0 Å². The molecule has 0 amide bonds. The highest BCUT2D eigenvalue weighted by Crippen LogP contribution is 2.26. The van der Waals surface area contributed by atoms with Gasteiger partial charge in [-0.1, -0.05) is 32.0 Å². The second kappa shape index (κ2) is 6.02. The molecule has 0 saturated carbocycles. The summed E-state index contributed by atoms with van der Waals surface area (Å²) in [5, 5.41) is 7.95. The first kappa shape index (κ1) is 13.8. The van der Waals surface area contributed by atoms with E-state index in [9.17, 15) is 0 Å². The van der Waals surface area contributed by atoms with Crippen LogP contribution >= 0.6 is 0 Å². The first-order valence-corrected chi connectivity index (χ1v) is 6.99. The van der Waals surface area contributed by atoms with Crippen molar-refractivity contribution in [3.63, 3.8) is 0 Å². The molecule has 1 aromatic heterocycles. The van der Waals surface area contributed by atoms with E-state index in [0.29, 0.717) is 6.04 Å². The highest BCUT2D eigenvalue weighted by Gasteiger charge is 2.11. The fourth-order valence-corrected chi connectivity index (χ4v) is 2.55. The van der Waals surface area contributed by atoms with Crippen molar-refractivity contribution in [3.05, 3.63) is 41.7 Å². The average molecular weight is 257 g/mol. The van der Waals surface area contributed by atoms with Gasteiger partial charge in [0, 0.05) is 24.8 Å². The van der Waals surface area contributed by atoms with E-state index < -0.39 is 0 Å². The van der Waals surface area contributed by atoms with Gasteiger partial charge in [0.15, 0.2) is 0 Å². The van der Waals surface area contributed by atoms with Gasteiger partial charge in [-0.15, -0.1) is 0 Å². The van der Waals surface area contributed by atoms with E-state index in [1.807, 2.05) is 11.7 Å². The van der Waals surface area contributed by atoms with Gasteiger partial charge in [0.2, 0.25) is 0 Å². The van der Waals surface area contributed by atoms with Crippen molar-refractivity contribution in [1.82, 2.24) is 15.1 Å². The van der Waals surface area contributed by atoms with Crippen LogP contribution in [0, 0.1) is 6.92 Å². The molecule has 1 atom stereocenters. The molecule has 1 unspecified atom stereocenters. The SMILES string of the molecule is CCNC(CC)c1cccc(-c2cn(C)nc2C)c1. The Kier molecular flexibility index (Phi) is 4.38. The van der Waals surface area contributed by atoms with Crippen molar-refractivity contribution in [2.45, 2.75) is 33.2 Å². The molecule has 0 bridgehead atoms. The Morgan fingerprint density at radius 3 is 2.68 bits per heavy atom. The molecule has 0 aliphatic rings. The summed E-state index contributed by atoms with van der Waals surface area (Å²) in [5.41, 5.74) is 4.90. The van der Waals surface area contributed by atoms with Gasteiger partial charge in [0.25, 0.3) is 0 Å². The number of hydrogen-bond donors (Lipinski definition) is 1. The van der Waals surface area contributed by atoms with Crippen LogP contribution in [0.3, 0.4) is 0 Å². The lowest BCUT2D eigenvalue weighted by molar-refractivity contribution is 0.537. The normalized spacial score (nSPS) is 12.6. The lowest BCUT2D eigenvalue weighted by Crippen LogP contribution is -2.19. The second-order valence-corrected chi connectivity index (χ2v) is 4.95. The Labute approximate surface area is 115 Å². The minimum atomic E-state index is 0.432. The summed E-state index contributed by atoms with van der Waals surface area (Å²) in [6.07, 6.45) is 3.19. The quantitative estimate of drug-likeness (QED) is 0.889. The van der Waals surface area contributed by atoms with Crippen LogP contribution in [-0.2, 0) is 7.05 Å². The summed E-state index contributed by atoms with van der Waals surface area (Å²) < 4.78 is 1.87. The molecule has 0 fully saturated rings. The van der Waals surface area contributed by atoms with Crippen LogP contribution in [0.25, 0.3) is 11.1 Å². The third kappa shape index (κ3) is 3.04. The molecule has 1 heterocycles. The molecular formula is C16H23N3. The third-order valence-corrected chi connectivity index (χ3v) is 3.47. The van der Waals surface area contributed by atoms with Gasteiger partial charge in [0.05, 0.1) is 5.69 Å². The zero-order valence-electron chi connectivity index (χ0n) is 12.3. The molecule has 19 heavy (non-hydrogen) atoms. The van der Waals surface area contributed by atoms with Crippen LogP contribution in [0.2, 0.25) is 0 Å². The largest absolute Gasteiger partial charge is 0.310 e. The number of aromatic nitrogens is 2. The molecule has 0 aliphatic heterocycles. The fraction of sp³-hybridized carbons (Fsp3) is 0.438. The molecule has 2 aromatic rings. The standard InChI is InChI=1S/C16H23N3/c1-5-16(17-6-2)14-9-7-8-13(10-14)15-11-19(4)18-12(15)3/h7-11,16-17H,5-6H2,1-4H3. The van der Waals surface area contributed by atoms with Crippen LogP contribution in [-0.4, -0.2) is 16.3 Å². The summed E-state index contributed by atoms with van der Waals surface area (Å²) in [6.45, 7) is 7.42. The molecule has 0 radical (unpaired) electrons. The number of nitrogens with one attached hydrogen (secondary N) is 1.